The van der Waals surface area contributed by atoms with E-state index >= 15 is 0 Å². The van der Waals surface area contributed by atoms with E-state index in [4.69, 9.17) is 0 Å². The molecule has 130 valence electrons. The Bertz CT molecular complexity index is 1330. The fourth-order valence-electron chi connectivity index (χ4n) is 3.43. The maximum Gasteiger partial charge on any atom is 0.269 e. The predicted molar refractivity (Wildman–Crippen MR) is 107 cm³/mol. The Labute approximate surface area is 154 Å². The largest absolute Gasteiger partial charge is 0.301 e. The van der Waals surface area contributed by atoms with Gasteiger partial charge in [0.25, 0.3) is 5.56 Å². The van der Waals surface area contributed by atoms with Crippen molar-refractivity contribution in [2.75, 3.05) is 0 Å². The average molecular weight is 352 g/mol. The summed E-state index contributed by atoms with van der Waals surface area (Å²) in [4.78, 5) is 16.6. The van der Waals surface area contributed by atoms with E-state index in [0.29, 0.717) is 6.54 Å². The summed E-state index contributed by atoms with van der Waals surface area (Å²) in [5, 5.41) is 8.13. The summed E-state index contributed by atoms with van der Waals surface area (Å²) in [7, 11) is 0. The van der Waals surface area contributed by atoms with Crippen LogP contribution >= 0.6 is 0 Å². The van der Waals surface area contributed by atoms with Gasteiger partial charge in [0, 0.05) is 5.39 Å². The molecule has 5 nitrogen and oxygen atoms in total. The first-order chi connectivity index (χ1) is 13.3. The van der Waals surface area contributed by atoms with Crippen LogP contribution in [-0.2, 0) is 6.54 Å². The van der Waals surface area contributed by atoms with Crippen molar-refractivity contribution in [3.63, 3.8) is 0 Å². The maximum absolute atomic E-state index is 12.4. The Balaban J connectivity index is 1.57. The number of nitrogens with one attached hydrogen (secondary N) is 1. The molecule has 0 saturated carbocycles. The number of rotatable bonds is 3. The second-order valence-electron chi connectivity index (χ2n) is 6.54. The summed E-state index contributed by atoms with van der Waals surface area (Å²) in [6, 6.07) is 22.2. The number of aromatic amines is 1. The standard InChI is InChI=1S/C22H16N4O/c27-22-13-23-20-6-1-2-7-21(20)26(22)14-15-4-3-5-16(10-15)17-8-9-19-18(11-17)12-24-25-19/h1-13H,14H2,(H,24,25). The maximum atomic E-state index is 12.4. The van der Waals surface area contributed by atoms with Gasteiger partial charge in [-0.05, 0) is 47.0 Å². The van der Waals surface area contributed by atoms with Gasteiger partial charge < -0.3 is 4.57 Å². The van der Waals surface area contributed by atoms with E-state index in [2.05, 4.69) is 39.4 Å². The number of fused-ring (bicyclic) bond motifs is 2. The third-order valence-corrected chi connectivity index (χ3v) is 4.79. The van der Waals surface area contributed by atoms with Gasteiger partial charge in [0.2, 0.25) is 0 Å². The van der Waals surface area contributed by atoms with Gasteiger partial charge in [-0.15, -0.1) is 0 Å². The fourth-order valence-corrected chi connectivity index (χ4v) is 3.43. The van der Waals surface area contributed by atoms with Gasteiger partial charge >= 0.3 is 0 Å². The summed E-state index contributed by atoms with van der Waals surface area (Å²) < 4.78 is 1.76. The van der Waals surface area contributed by atoms with Crippen molar-refractivity contribution in [3.8, 4) is 11.1 Å². The smallest absolute Gasteiger partial charge is 0.269 e. The van der Waals surface area contributed by atoms with Crippen molar-refractivity contribution < 1.29 is 0 Å². The van der Waals surface area contributed by atoms with Gasteiger partial charge in [-0.2, -0.15) is 5.10 Å². The van der Waals surface area contributed by atoms with Crippen LogP contribution in [0.25, 0.3) is 33.1 Å². The zero-order valence-electron chi connectivity index (χ0n) is 14.5. The first-order valence-corrected chi connectivity index (χ1v) is 8.75. The minimum Gasteiger partial charge on any atom is -0.301 e. The Hall–Kier alpha value is -3.73. The van der Waals surface area contributed by atoms with Crippen LogP contribution in [0.3, 0.4) is 0 Å². The molecule has 2 heterocycles. The first kappa shape index (κ1) is 15.5. The minimum absolute atomic E-state index is 0.0982. The van der Waals surface area contributed by atoms with Gasteiger partial charge in [0.05, 0.1) is 35.5 Å². The van der Waals surface area contributed by atoms with E-state index in [9.17, 15) is 4.79 Å². The van der Waals surface area contributed by atoms with E-state index in [1.54, 1.807) is 4.57 Å². The molecule has 0 aliphatic rings. The number of H-pyrrole nitrogens is 1. The normalized spacial score (nSPS) is 11.3. The monoisotopic (exact) mass is 352 g/mol. The lowest BCUT2D eigenvalue weighted by Crippen LogP contribution is -2.21. The van der Waals surface area contributed by atoms with E-state index < -0.39 is 0 Å². The van der Waals surface area contributed by atoms with Crippen molar-refractivity contribution in [3.05, 3.63) is 95.0 Å². The number of nitrogens with zero attached hydrogens (tertiary/aromatic N) is 3. The predicted octanol–water partition coefficient (Wildman–Crippen LogP) is 3.99. The molecule has 0 radical (unpaired) electrons. The van der Waals surface area contributed by atoms with Gasteiger partial charge in [0.15, 0.2) is 0 Å². The van der Waals surface area contributed by atoms with E-state index in [1.807, 2.05) is 48.7 Å². The number of para-hydroxylation sites is 2. The molecule has 0 bridgehead atoms. The summed E-state index contributed by atoms with van der Waals surface area (Å²) in [6.07, 6.45) is 3.21. The Kier molecular flexibility index (Phi) is 3.57. The molecule has 0 unspecified atom stereocenters. The lowest BCUT2D eigenvalue weighted by atomic mass is 10.0. The molecule has 5 rings (SSSR count). The average Bonchev–Trinajstić information content (AvgIpc) is 3.18. The highest BCUT2D eigenvalue weighted by molar-refractivity contribution is 5.84. The molecule has 3 aromatic carbocycles. The van der Waals surface area contributed by atoms with Crippen LogP contribution in [-0.4, -0.2) is 19.7 Å². The third kappa shape index (κ3) is 2.79. The molecule has 0 atom stereocenters. The number of aromatic nitrogens is 4. The van der Waals surface area contributed by atoms with Crippen LogP contribution in [0.15, 0.2) is 83.9 Å². The zero-order valence-corrected chi connectivity index (χ0v) is 14.5. The molecule has 0 spiro atoms. The Morgan fingerprint density at radius 2 is 1.78 bits per heavy atom. The molecular weight excluding hydrogens is 336 g/mol. The Morgan fingerprint density at radius 3 is 2.74 bits per heavy atom. The van der Waals surface area contributed by atoms with Crippen LogP contribution in [0.4, 0.5) is 0 Å². The summed E-state index contributed by atoms with van der Waals surface area (Å²) in [5.74, 6) is 0. The van der Waals surface area contributed by atoms with Crippen LogP contribution in [0.2, 0.25) is 0 Å². The molecule has 1 N–H and O–H groups in total. The molecule has 5 aromatic rings. The molecule has 27 heavy (non-hydrogen) atoms. The van der Waals surface area contributed by atoms with E-state index in [-0.39, 0.29) is 5.56 Å². The molecule has 0 fully saturated rings. The van der Waals surface area contributed by atoms with Crippen LogP contribution in [0.5, 0.6) is 0 Å². The summed E-state index contributed by atoms with van der Waals surface area (Å²) in [5.41, 5.74) is 5.88. The lowest BCUT2D eigenvalue weighted by Gasteiger charge is -2.11. The lowest BCUT2D eigenvalue weighted by molar-refractivity contribution is 0.787. The SMILES string of the molecule is O=c1cnc2ccccc2n1Cc1cccc(-c2ccc3[nH]ncc3c2)c1. The molecule has 0 aliphatic carbocycles. The van der Waals surface area contributed by atoms with Gasteiger partial charge in [-0.3, -0.25) is 9.89 Å². The highest BCUT2D eigenvalue weighted by atomic mass is 16.1. The molecule has 2 aromatic heterocycles. The van der Waals surface area contributed by atoms with Crippen molar-refractivity contribution in [1.29, 1.82) is 0 Å². The highest BCUT2D eigenvalue weighted by Crippen LogP contribution is 2.24. The van der Waals surface area contributed by atoms with Crippen molar-refractivity contribution in [1.82, 2.24) is 19.7 Å². The molecule has 0 saturated heterocycles. The van der Waals surface area contributed by atoms with E-state index in [1.165, 1.54) is 6.20 Å². The minimum atomic E-state index is -0.0982. The van der Waals surface area contributed by atoms with Gasteiger partial charge in [-0.1, -0.05) is 36.4 Å². The van der Waals surface area contributed by atoms with Crippen LogP contribution in [0.1, 0.15) is 5.56 Å². The van der Waals surface area contributed by atoms with Gasteiger partial charge in [0.1, 0.15) is 0 Å². The number of hydrogen-bond donors (Lipinski definition) is 1. The second-order valence-corrected chi connectivity index (χ2v) is 6.54. The molecule has 0 amide bonds. The molecule has 5 heteroatoms. The van der Waals surface area contributed by atoms with Crippen LogP contribution in [0, 0.1) is 0 Å². The summed E-state index contributed by atoms with van der Waals surface area (Å²) in [6.45, 7) is 0.504. The summed E-state index contributed by atoms with van der Waals surface area (Å²) >= 11 is 0. The number of hydrogen-bond acceptors (Lipinski definition) is 3. The van der Waals surface area contributed by atoms with Crippen molar-refractivity contribution >= 4 is 21.9 Å². The highest BCUT2D eigenvalue weighted by Gasteiger charge is 2.07. The molecular formula is C22H16N4O. The van der Waals surface area contributed by atoms with Crippen molar-refractivity contribution in [2.45, 2.75) is 6.54 Å². The second kappa shape index (κ2) is 6.21. The molecule has 0 aliphatic heterocycles. The van der Waals surface area contributed by atoms with Gasteiger partial charge in [-0.25, -0.2) is 4.98 Å². The topological polar surface area (TPSA) is 63.6 Å². The zero-order chi connectivity index (χ0) is 18.2. The third-order valence-electron chi connectivity index (χ3n) is 4.79. The quantitative estimate of drug-likeness (QED) is 0.534. The van der Waals surface area contributed by atoms with E-state index in [0.717, 1.165) is 38.6 Å². The Morgan fingerprint density at radius 1 is 0.889 bits per heavy atom. The fraction of sp³-hybridized carbons (Fsp3) is 0.0455. The number of benzene rings is 3. The van der Waals surface area contributed by atoms with Crippen molar-refractivity contribution in [2.24, 2.45) is 0 Å². The van der Waals surface area contributed by atoms with Crippen LogP contribution < -0.4 is 5.56 Å². The first-order valence-electron chi connectivity index (χ1n) is 8.75.